The maximum Gasteiger partial charge on any atom is 0.471 e. The molecule has 1 aliphatic rings. The van der Waals surface area contributed by atoms with Crippen LogP contribution in [-0.4, -0.2) is 23.5 Å². The van der Waals surface area contributed by atoms with E-state index in [0.29, 0.717) is 11.1 Å². The Hall–Kier alpha value is -1.11. The van der Waals surface area contributed by atoms with Gasteiger partial charge in [0.25, 0.3) is 0 Å². The average Bonchev–Trinajstić information content (AvgIpc) is 2.28. The first-order valence-corrected chi connectivity index (χ1v) is 5.91. The fourth-order valence-corrected chi connectivity index (χ4v) is 2.29. The van der Waals surface area contributed by atoms with Crippen molar-refractivity contribution in [3.05, 3.63) is 33.5 Å². The quantitative estimate of drug-likeness (QED) is 0.671. The summed E-state index contributed by atoms with van der Waals surface area (Å²) in [6.07, 6.45) is -4.64. The minimum Gasteiger partial charge on any atom is -0.330 e. The average molecular weight is 326 g/mol. The molecule has 1 aromatic rings. The lowest BCUT2D eigenvalue weighted by molar-refractivity contribution is -0.186. The van der Waals surface area contributed by atoms with Crippen molar-refractivity contribution in [3.8, 4) is 0 Å². The molecule has 98 valence electrons. The summed E-state index contributed by atoms with van der Waals surface area (Å²) in [7, 11) is 0. The zero-order chi connectivity index (χ0) is 13.5. The van der Waals surface area contributed by atoms with Crippen molar-refractivity contribution >= 4 is 21.8 Å². The van der Waals surface area contributed by atoms with Gasteiger partial charge in [0.15, 0.2) is 0 Å². The Morgan fingerprint density at radius 2 is 1.94 bits per heavy atom. The van der Waals surface area contributed by atoms with Crippen molar-refractivity contribution in [2.75, 3.05) is 6.54 Å². The Bertz CT molecular complexity index is 501. The maximum atomic E-state index is 13.2. The number of carbonyl (C=O) groups is 1. The molecule has 1 heterocycles. The highest BCUT2D eigenvalue weighted by Gasteiger charge is 2.43. The molecule has 0 unspecified atom stereocenters. The Balaban J connectivity index is 2.25. The summed E-state index contributed by atoms with van der Waals surface area (Å²) in [6, 6.07) is 2.70. The van der Waals surface area contributed by atoms with Gasteiger partial charge in [-0.15, -0.1) is 0 Å². The molecule has 0 aromatic heterocycles. The van der Waals surface area contributed by atoms with Gasteiger partial charge in [0.1, 0.15) is 5.82 Å². The lowest BCUT2D eigenvalue weighted by atomic mass is 9.99. The first-order valence-electron chi connectivity index (χ1n) is 5.12. The van der Waals surface area contributed by atoms with Gasteiger partial charge in [0.2, 0.25) is 0 Å². The maximum absolute atomic E-state index is 13.2. The fourth-order valence-electron chi connectivity index (χ4n) is 1.90. The predicted octanol–water partition coefficient (Wildman–Crippen LogP) is 3.04. The first-order chi connectivity index (χ1) is 8.29. The van der Waals surface area contributed by atoms with Crippen molar-refractivity contribution in [2.24, 2.45) is 0 Å². The number of rotatable bonds is 0. The number of nitrogens with zero attached hydrogens (tertiary/aromatic N) is 1. The highest BCUT2D eigenvalue weighted by Crippen LogP contribution is 2.28. The zero-order valence-corrected chi connectivity index (χ0v) is 10.6. The highest BCUT2D eigenvalue weighted by molar-refractivity contribution is 9.10. The molecule has 7 heteroatoms. The molecule has 0 aliphatic carbocycles. The molecule has 1 amide bonds. The van der Waals surface area contributed by atoms with Gasteiger partial charge in [-0.3, -0.25) is 4.79 Å². The van der Waals surface area contributed by atoms with E-state index in [1.807, 2.05) is 0 Å². The van der Waals surface area contributed by atoms with Crippen molar-refractivity contribution in [2.45, 2.75) is 19.1 Å². The summed E-state index contributed by atoms with van der Waals surface area (Å²) < 4.78 is 50.3. The molecule has 2 rings (SSSR count). The summed E-state index contributed by atoms with van der Waals surface area (Å²) in [6.45, 7) is -0.195. The topological polar surface area (TPSA) is 20.3 Å². The number of alkyl halides is 3. The van der Waals surface area contributed by atoms with Crippen LogP contribution in [0.15, 0.2) is 16.6 Å². The van der Waals surface area contributed by atoms with Crippen LogP contribution in [0.4, 0.5) is 17.6 Å². The molecular formula is C11H8BrF4NO. The van der Waals surface area contributed by atoms with Crippen molar-refractivity contribution in [1.82, 2.24) is 4.90 Å². The summed E-state index contributed by atoms with van der Waals surface area (Å²) in [5.74, 6) is -2.31. The van der Waals surface area contributed by atoms with Crippen LogP contribution in [0.1, 0.15) is 11.1 Å². The summed E-state index contributed by atoms with van der Waals surface area (Å²) in [5.41, 5.74) is 1.18. The van der Waals surface area contributed by atoms with Crippen LogP contribution in [0, 0.1) is 5.82 Å². The minimum atomic E-state index is -4.87. The van der Waals surface area contributed by atoms with E-state index in [1.165, 1.54) is 12.1 Å². The van der Waals surface area contributed by atoms with Crippen LogP contribution in [0.2, 0.25) is 0 Å². The van der Waals surface area contributed by atoms with Gasteiger partial charge >= 0.3 is 12.1 Å². The normalized spacial score (nSPS) is 15.5. The number of carbonyl (C=O) groups excluding carboxylic acids is 1. The number of hydrogen-bond donors (Lipinski definition) is 0. The second-order valence-corrected chi connectivity index (χ2v) is 4.86. The van der Waals surface area contributed by atoms with Crippen molar-refractivity contribution in [1.29, 1.82) is 0 Å². The molecule has 1 aliphatic heterocycles. The summed E-state index contributed by atoms with van der Waals surface area (Å²) in [5, 5.41) is 0. The third-order valence-electron chi connectivity index (χ3n) is 2.78. The lowest BCUT2D eigenvalue weighted by Gasteiger charge is -2.29. The molecule has 0 atom stereocenters. The van der Waals surface area contributed by atoms with Crippen LogP contribution < -0.4 is 0 Å². The van der Waals surface area contributed by atoms with E-state index < -0.39 is 17.9 Å². The molecule has 18 heavy (non-hydrogen) atoms. The molecule has 1 aromatic carbocycles. The second-order valence-electron chi connectivity index (χ2n) is 4.01. The predicted molar refractivity (Wildman–Crippen MR) is 59.3 cm³/mol. The van der Waals surface area contributed by atoms with Crippen LogP contribution in [-0.2, 0) is 17.8 Å². The van der Waals surface area contributed by atoms with E-state index in [2.05, 4.69) is 15.9 Å². The third-order valence-corrected chi connectivity index (χ3v) is 3.39. The monoisotopic (exact) mass is 325 g/mol. The molecule has 0 radical (unpaired) electrons. The summed E-state index contributed by atoms with van der Waals surface area (Å²) >= 11 is 2.97. The molecule has 0 bridgehead atoms. The number of amides is 1. The van der Waals surface area contributed by atoms with Crippen LogP contribution in [0.3, 0.4) is 0 Å². The molecule has 2 nitrogen and oxygen atoms in total. The van der Waals surface area contributed by atoms with Gasteiger partial charge in [-0.2, -0.15) is 13.2 Å². The Morgan fingerprint density at radius 3 is 2.56 bits per heavy atom. The van der Waals surface area contributed by atoms with E-state index in [9.17, 15) is 22.4 Å². The number of fused-ring (bicyclic) bond motifs is 1. The van der Waals surface area contributed by atoms with E-state index in [0.717, 1.165) is 4.90 Å². The molecule has 0 N–H and O–H groups in total. The van der Waals surface area contributed by atoms with E-state index in [1.54, 1.807) is 0 Å². The van der Waals surface area contributed by atoms with Gasteiger partial charge in [0, 0.05) is 13.1 Å². The Kier molecular flexibility index (Phi) is 3.35. The first kappa shape index (κ1) is 13.3. The Morgan fingerprint density at radius 1 is 1.28 bits per heavy atom. The lowest BCUT2D eigenvalue weighted by Crippen LogP contribution is -2.43. The molecule has 0 saturated carbocycles. The molecule has 0 spiro atoms. The number of hydrogen-bond acceptors (Lipinski definition) is 1. The van der Waals surface area contributed by atoms with E-state index in [-0.39, 0.29) is 24.0 Å². The standard InChI is InChI=1S/C11H8BrF4NO/c12-8-3-7-5-17(10(18)11(14,15)16)2-1-6(7)4-9(8)13/h3-4H,1-2,5H2. The van der Waals surface area contributed by atoms with E-state index in [4.69, 9.17) is 0 Å². The molecule has 0 saturated heterocycles. The minimum absolute atomic E-state index is 0.0492. The molecular weight excluding hydrogens is 318 g/mol. The SMILES string of the molecule is O=C(N1CCc2cc(F)c(Br)cc2C1)C(F)(F)F. The van der Waals surface area contributed by atoms with Crippen molar-refractivity contribution in [3.63, 3.8) is 0 Å². The number of benzene rings is 1. The van der Waals surface area contributed by atoms with Crippen molar-refractivity contribution < 1.29 is 22.4 Å². The van der Waals surface area contributed by atoms with Gasteiger partial charge in [0.05, 0.1) is 4.47 Å². The largest absolute Gasteiger partial charge is 0.471 e. The number of halogens is 5. The summed E-state index contributed by atoms with van der Waals surface area (Å²) in [4.78, 5) is 11.8. The van der Waals surface area contributed by atoms with E-state index >= 15 is 0 Å². The highest BCUT2D eigenvalue weighted by atomic mass is 79.9. The van der Waals surface area contributed by atoms with Crippen LogP contribution in [0.25, 0.3) is 0 Å². The second kappa shape index (κ2) is 4.53. The molecule has 0 fully saturated rings. The van der Waals surface area contributed by atoms with Gasteiger partial charge in [-0.05, 0) is 45.6 Å². The van der Waals surface area contributed by atoms with Crippen LogP contribution >= 0.6 is 15.9 Å². The smallest absolute Gasteiger partial charge is 0.330 e. The third kappa shape index (κ3) is 2.50. The van der Waals surface area contributed by atoms with Gasteiger partial charge in [-0.25, -0.2) is 4.39 Å². The Labute approximate surface area is 109 Å². The van der Waals surface area contributed by atoms with Crippen LogP contribution in [0.5, 0.6) is 0 Å². The zero-order valence-electron chi connectivity index (χ0n) is 9.02. The fraction of sp³-hybridized carbons (Fsp3) is 0.364. The van der Waals surface area contributed by atoms with Gasteiger partial charge in [-0.1, -0.05) is 0 Å². The van der Waals surface area contributed by atoms with Gasteiger partial charge < -0.3 is 4.90 Å².